The number of alkyl halides is 6. The summed E-state index contributed by atoms with van der Waals surface area (Å²) in [6.07, 6.45) is -3.04. The van der Waals surface area contributed by atoms with Crippen molar-refractivity contribution < 1.29 is 54.9 Å². The fourth-order valence-electron chi connectivity index (χ4n) is 6.53. The predicted molar refractivity (Wildman–Crippen MR) is 149 cm³/mol. The third-order valence-electron chi connectivity index (χ3n) is 8.91. The predicted octanol–water partition coefficient (Wildman–Crippen LogP) is 6.73. The van der Waals surface area contributed by atoms with Crippen LogP contribution in [-0.2, 0) is 16.4 Å². The molecule has 3 aliphatic rings. The van der Waals surface area contributed by atoms with Gasteiger partial charge < -0.3 is 25.2 Å². The molecule has 0 spiro atoms. The molecule has 8 nitrogen and oxygen atoms in total. The highest BCUT2D eigenvalue weighted by Gasteiger charge is 2.53. The Morgan fingerprint density at radius 3 is 2.18 bits per heavy atom. The van der Waals surface area contributed by atoms with Crippen LogP contribution < -0.4 is 20.1 Å². The van der Waals surface area contributed by atoms with E-state index in [1.165, 1.54) is 24.8 Å². The standard InChI is InChI=1S/C28H33F4N3O3.C2HF3O2/c1-37-23-9-6-17(14-24(23)38-2)27-11-10-19(16-25(27)35(13-12-27)20-4-3-5-20)34-26(36)33-18-7-8-22(29)21(15-18)28(30,31)32;3-2(4,5)1(6)7/h6-9,14-15,19-20,25H,3-5,10-13,16H2,1-2H3,(H2,33,34,36);(H,6,7)/t19-,25+,27+;/m1./s1. The molecule has 2 aromatic carbocycles. The molecule has 0 aromatic heterocycles. The summed E-state index contributed by atoms with van der Waals surface area (Å²) in [5.74, 6) is -2.76. The van der Waals surface area contributed by atoms with Crippen LogP contribution in [0.3, 0.4) is 0 Å². The highest BCUT2D eigenvalue weighted by atomic mass is 19.4. The van der Waals surface area contributed by atoms with E-state index < -0.39 is 35.7 Å². The van der Waals surface area contributed by atoms with Crippen LogP contribution in [0.1, 0.15) is 56.1 Å². The molecule has 2 saturated carbocycles. The second kappa shape index (κ2) is 13.3. The van der Waals surface area contributed by atoms with E-state index in [0.29, 0.717) is 29.7 Å². The summed E-state index contributed by atoms with van der Waals surface area (Å²) in [6, 6.07) is 8.61. The zero-order valence-electron chi connectivity index (χ0n) is 24.5. The van der Waals surface area contributed by atoms with Crippen LogP contribution in [0.5, 0.6) is 11.5 Å². The number of ether oxygens (including phenoxy) is 2. The molecule has 248 valence electrons. The number of carboxylic acids is 1. The summed E-state index contributed by atoms with van der Waals surface area (Å²) in [4.78, 5) is 24.3. The molecular weight excluding hydrogens is 615 g/mol. The van der Waals surface area contributed by atoms with Gasteiger partial charge in [-0.15, -0.1) is 0 Å². The van der Waals surface area contributed by atoms with E-state index in [4.69, 9.17) is 19.4 Å². The number of nitrogens with zero attached hydrogens (tertiary/aromatic N) is 1. The number of fused-ring (bicyclic) bond motifs is 1. The van der Waals surface area contributed by atoms with Crippen LogP contribution >= 0.6 is 0 Å². The third kappa shape index (κ3) is 7.56. The molecule has 15 heteroatoms. The van der Waals surface area contributed by atoms with Crippen molar-refractivity contribution >= 4 is 17.7 Å². The van der Waals surface area contributed by atoms with Gasteiger partial charge in [-0.25, -0.2) is 14.0 Å². The van der Waals surface area contributed by atoms with Gasteiger partial charge in [-0.1, -0.05) is 12.5 Å². The number of rotatable bonds is 6. The molecule has 1 aliphatic heterocycles. The third-order valence-corrected chi connectivity index (χ3v) is 8.91. The van der Waals surface area contributed by atoms with Gasteiger partial charge in [-0.2, -0.15) is 26.3 Å². The van der Waals surface area contributed by atoms with Crippen molar-refractivity contribution in [2.24, 2.45) is 0 Å². The number of amides is 2. The van der Waals surface area contributed by atoms with Crippen molar-refractivity contribution in [2.75, 3.05) is 26.1 Å². The molecule has 0 bridgehead atoms. The molecule has 3 atom stereocenters. The number of carbonyl (C=O) groups excluding carboxylic acids is 1. The average molecular weight is 650 g/mol. The van der Waals surface area contributed by atoms with Gasteiger partial charge in [0.05, 0.1) is 19.8 Å². The van der Waals surface area contributed by atoms with Crippen molar-refractivity contribution in [2.45, 2.75) is 80.8 Å². The van der Waals surface area contributed by atoms with E-state index in [9.17, 15) is 35.5 Å². The van der Waals surface area contributed by atoms with Crippen molar-refractivity contribution in [3.63, 3.8) is 0 Å². The van der Waals surface area contributed by atoms with Crippen LogP contribution in [0, 0.1) is 5.82 Å². The minimum atomic E-state index is -5.08. The maximum Gasteiger partial charge on any atom is 0.490 e. The monoisotopic (exact) mass is 649 g/mol. The van der Waals surface area contributed by atoms with Gasteiger partial charge in [0.15, 0.2) is 11.5 Å². The SMILES string of the molecule is COc1ccc([C@@]23CC[C@@H](NC(=O)Nc4ccc(F)c(C(F)(F)F)c4)C[C@@H]2N(C2CCC2)CC3)cc1OC.O=C(O)C(F)(F)F. The fourth-order valence-corrected chi connectivity index (χ4v) is 6.53. The van der Waals surface area contributed by atoms with Gasteiger partial charge in [0.25, 0.3) is 0 Å². The van der Waals surface area contributed by atoms with E-state index >= 15 is 0 Å². The number of aliphatic carboxylic acids is 1. The molecular formula is C30H34F7N3O5. The lowest BCUT2D eigenvalue weighted by Crippen LogP contribution is -2.55. The van der Waals surface area contributed by atoms with Crippen molar-refractivity contribution in [1.82, 2.24) is 10.2 Å². The highest BCUT2D eigenvalue weighted by molar-refractivity contribution is 5.89. The maximum atomic E-state index is 13.6. The van der Waals surface area contributed by atoms with E-state index in [1.54, 1.807) is 14.2 Å². The van der Waals surface area contributed by atoms with Crippen LogP contribution in [0.2, 0.25) is 0 Å². The highest BCUT2D eigenvalue weighted by Crippen LogP contribution is 2.52. The Morgan fingerprint density at radius 1 is 0.956 bits per heavy atom. The number of nitrogens with one attached hydrogen (secondary N) is 2. The summed E-state index contributed by atoms with van der Waals surface area (Å²) >= 11 is 0. The van der Waals surface area contributed by atoms with E-state index in [-0.39, 0.29) is 23.2 Å². The summed E-state index contributed by atoms with van der Waals surface area (Å²) < 4.78 is 95.6. The topological polar surface area (TPSA) is 100 Å². The molecule has 2 amide bonds. The number of carbonyl (C=O) groups is 2. The molecule has 1 saturated heterocycles. The summed E-state index contributed by atoms with van der Waals surface area (Å²) in [6.45, 7) is 0.985. The second-order valence-corrected chi connectivity index (χ2v) is 11.4. The van der Waals surface area contributed by atoms with Crippen molar-refractivity contribution in [1.29, 1.82) is 0 Å². The number of hydrogen-bond acceptors (Lipinski definition) is 5. The number of halogens is 7. The van der Waals surface area contributed by atoms with Gasteiger partial charge >= 0.3 is 24.4 Å². The Morgan fingerprint density at radius 2 is 1.62 bits per heavy atom. The zero-order chi connectivity index (χ0) is 33.2. The number of carboxylic acid groups (broad SMARTS) is 1. The average Bonchev–Trinajstić information content (AvgIpc) is 3.31. The lowest BCUT2D eigenvalue weighted by atomic mass is 9.64. The first-order valence-corrected chi connectivity index (χ1v) is 14.3. The first kappa shape index (κ1) is 34.1. The summed E-state index contributed by atoms with van der Waals surface area (Å²) in [5.41, 5.74) is -0.392. The first-order chi connectivity index (χ1) is 21.1. The number of benzene rings is 2. The molecule has 45 heavy (non-hydrogen) atoms. The van der Waals surface area contributed by atoms with Crippen LogP contribution in [-0.4, -0.2) is 67.1 Å². The van der Waals surface area contributed by atoms with Gasteiger partial charge in [-0.05, 0) is 81.0 Å². The largest absolute Gasteiger partial charge is 0.493 e. The molecule has 0 radical (unpaired) electrons. The van der Waals surface area contributed by atoms with Crippen LogP contribution in [0.15, 0.2) is 36.4 Å². The normalized spacial score (nSPS) is 23.6. The lowest BCUT2D eigenvalue weighted by Gasteiger charge is -2.48. The smallest absolute Gasteiger partial charge is 0.490 e. The molecule has 0 unspecified atom stereocenters. The molecule has 2 aliphatic carbocycles. The Bertz CT molecular complexity index is 1380. The Kier molecular flexibility index (Phi) is 10.1. The Labute approximate surface area is 254 Å². The van der Waals surface area contributed by atoms with E-state index in [1.807, 2.05) is 6.07 Å². The number of likely N-dealkylation sites (tertiary alicyclic amines) is 1. The molecule has 1 heterocycles. The zero-order valence-corrected chi connectivity index (χ0v) is 24.5. The Balaban J connectivity index is 0.000000591. The quantitative estimate of drug-likeness (QED) is 0.300. The van der Waals surface area contributed by atoms with Gasteiger partial charge in [0.2, 0.25) is 0 Å². The van der Waals surface area contributed by atoms with Crippen LogP contribution in [0.4, 0.5) is 41.2 Å². The van der Waals surface area contributed by atoms with Crippen molar-refractivity contribution in [3.05, 3.63) is 53.3 Å². The van der Waals surface area contributed by atoms with Gasteiger partial charge in [-0.3, -0.25) is 4.90 Å². The number of hydrogen-bond donors (Lipinski definition) is 3. The summed E-state index contributed by atoms with van der Waals surface area (Å²) in [7, 11) is 3.24. The first-order valence-electron chi connectivity index (χ1n) is 14.3. The Hall–Kier alpha value is -3.75. The van der Waals surface area contributed by atoms with E-state index in [0.717, 1.165) is 38.3 Å². The molecule has 3 fully saturated rings. The molecule has 2 aromatic rings. The maximum absolute atomic E-state index is 13.6. The number of anilines is 1. The lowest BCUT2D eigenvalue weighted by molar-refractivity contribution is -0.192. The molecule has 5 rings (SSSR count). The fraction of sp³-hybridized carbons (Fsp3) is 0.533. The van der Waals surface area contributed by atoms with E-state index in [2.05, 4.69) is 27.7 Å². The number of urea groups is 1. The van der Waals surface area contributed by atoms with Crippen molar-refractivity contribution in [3.8, 4) is 11.5 Å². The minimum Gasteiger partial charge on any atom is -0.493 e. The minimum absolute atomic E-state index is 0.0810. The van der Waals surface area contributed by atoms with Gasteiger partial charge in [0.1, 0.15) is 5.82 Å². The summed E-state index contributed by atoms with van der Waals surface area (Å²) in [5, 5.41) is 12.5. The molecule has 3 N–H and O–H groups in total. The second-order valence-electron chi connectivity index (χ2n) is 11.4. The van der Waals surface area contributed by atoms with Crippen LogP contribution in [0.25, 0.3) is 0 Å². The van der Waals surface area contributed by atoms with Gasteiger partial charge in [0, 0.05) is 29.2 Å². The number of methoxy groups -OCH3 is 2.